The summed E-state index contributed by atoms with van der Waals surface area (Å²) in [6.45, 7) is 6.52. The Morgan fingerprint density at radius 2 is 2.16 bits per heavy atom. The average Bonchev–Trinajstić information content (AvgIpc) is 3.06. The monoisotopic (exact) mass is 336 g/mol. The summed E-state index contributed by atoms with van der Waals surface area (Å²) in [5.41, 5.74) is 2.04. The van der Waals surface area contributed by atoms with E-state index >= 15 is 0 Å². The number of nitrogens with zero attached hydrogens (tertiary/aromatic N) is 4. The van der Waals surface area contributed by atoms with E-state index in [1.807, 2.05) is 30.3 Å². The molecule has 6 nitrogen and oxygen atoms in total. The van der Waals surface area contributed by atoms with Crippen LogP contribution in [0, 0.1) is 5.92 Å². The van der Waals surface area contributed by atoms with Crippen molar-refractivity contribution in [3.8, 4) is 0 Å². The van der Waals surface area contributed by atoms with Gasteiger partial charge in [0, 0.05) is 19.2 Å². The summed E-state index contributed by atoms with van der Waals surface area (Å²) in [5, 5.41) is 3.44. The highest BCUT2D eigenvalue weighted by atomic mass is 15.2. The number of hydrogen-bond acceptors (Lipinski definition) is 5. The van der Waals surface area contributed by atoms with Crippen LogP contribution in [-0.4, -0.2) is 33.0 Å². The number of benzene rings is 1. The molecule has 3 heterocycles. The van der Waals surface area contributed by atoms with E-state index in [9.17, 15) is 0 Å². The molecule has 0 bridgehead atoms. The lowest BCUT2D eigenvalue weighted by Gasteiger charge is -2.31. The number of hydrogen-bond donors (Lipinski definition) is 2. The number of nitrogens with one attached hydrogen (secondary N) is 2. The van der Waals surface area contributed by atoms with E-state index in [0.717, 1.165) is 47.5 Å². The number of anilines is 2. The van der Waals surface area contributed by atoms with Gasteiger partial charge in [0.05, 0.1) is 17.1 Å². The number of fused-ring (bicyclic) bond motifs is 1. The highest BCUT2D eigenvalue weighted by molar-refractivity contribution is 5.74. The van der Waals surface area contributed by atoms with Gasteiger partial charge in [-0.05, 0) is 37.8 Å². The van der Waals surface area contributed by atoms with Crippen molar-refractivity contribution in [2.45, 2.75) is 32.7 Å². The van der Waals surface area contributed by atoms with Crippen LogP contribution in [0.25, 0.3) is 11.0 Å². The van der Waals surface area contributed by atoms with Crippen LogP contribution < -0.4 is 10.2 Å². The lowest BCUT2D eigenvalue weighted by Crippen LogP contribution is -2.34. The number of imidazole rings is 1. The van der Waals surface area contributed by atoms with E-state index in [1.54, 1.807) is 6.33 Å². The van der Waals surface area contributed by atoms with Gasteiger partial charge in [0.2, 0.25) is 0 Å². The van der Waals surface area contributed by atoms with Gasteiger partial charge in [-0.15, -0.1) is 0 Å². The number of rotatable bonds is 4. The minimum absolute atomic E-state index is 0.0374. The predicted octanol–water partition coefficient (Wildman–Crippen LogP) is 3.76. The Hall–Kier alpha value is -2.63. The third-order valence-electron chi connectivity index (χ3n) is 4.82. The van der Waals surface area contributed by atoms with Crippen molar-refractivity contribution in [3.05, 3.63) is 42.5 Å². The Bertz CT molecular complexity index is 825. The summed E-state index contributed by atoms with van der Waals surface area (Å²) in [5.74, 6) is 3.46. The number of piperidine rings is 1. The number of para-hydroxylation sites is 2. The fourth-order valence-corrected chi connectivity index (χ4v) is 3.46. The Labute approximate surface area is 147 Å². The summed E-state index contributed by atoms with van der Waals surface area (Å²) in [7, 11) is 0. The number of H-pyrrole nitrogens is 1. The lowest BCUT2D eigenvalue weighted by atomic mass is 10.0. The summed E-state index contributed by atoms with van der Waals surface area (Å²) >= 11 is 0. The molecule has 0 amide bonds. The largest absolute Gasteiger partial charge is 0.360 e. The molecule has 25 heavy (non-hydrogen) atoms. The molecule has 1 fully saturated rings. The van der Waals surface area contributed by atoms with Gasteiger partial charge in [-0.3, -0.25) is 0 Å². The molecule has 0 aliphatic carbocycles. The van der Waals surface area contributed by atoms with E-state index in [1.165, 1.54) is 12.8 Å². The van der Waals surface area contributed by atoms with Crippen molar-refractivity contribution in [3.63, 3.8) is 0 Å². The molecule has 2 aromatic heterocycles. The topological polar surface area (TPSA) is 69.7 Å². The maximum Gasteiger partial charge on any atom is 0.134 e. The highest BCUT2D eigenvalue weighted by Crippen LogP contribution is 2.24. The van der Waals surface area contributed by atoms with E-state index in [0.29, 0.717) is 0 Å². The van der Waals surface area contributed by atoms with Gasteiger partial charge in [0.25, 0.3) is 0 Å². The summed E-state index contributed by atoms with van der Waals surface area (Å²) in [4.78, 5) is 19.2. The Morgan fingerprint density at radius 1 is 1.28 bits per heavy atom. The molecule has 0 radical (unpaired) electrons. The highest BCUT2D eigenvalue weighted by Gasteiger charge is 2.18. The normalized spacial score (nSPS) is 19.1. The van der Waals surface area contributed by atoms with Crippen LogP contribution in [0.2, 0.25) is 0 Å². The second-order valence-electron chi connectivity index (χ2n) is 6.96. The van der Waals surface area contributed by atoms with Gasteiger partial charge < -0.3 is 15.2 Å². The molecule has 0 saturated carbocycles. The zero-order chi connectivity index (χ0) is 17.2. The summed E-state index contributed by atoms with van der Waals surface area (Å²) in [6, 6.07) is 10.1. The first-order valence-electron chi connectivity index (χ1n) is 8.97. The van der Waals surface area contributed by atoms with Crippen molar-refractivity contribution < 1.29 is 0 Å². The molecule has 2 atom stereocenters. The molecule has 1 saturated heterocycles. The maximum atomic E-state index is 4.66. The molecule has 130 valence electrons. The lowest BCUT2D eigenvalue weighted by molar-refractivity contribution is 0.444. The zero-order valence-corrected chi connectivity index (χ0v) is 14.7. The molecule has 4 rings (SSSR count). The molecule has 2 N–H and O–H groups in total. The molecule has 3 aromatic rings. The Morgan fingerprint density at radius 3 is 3.00 bits per heavy atom. The molecule has 2 unspecified atom stereocenters. The number of aromatic amines is 1. The van der Waals surface area contributed by atoms with Gasteiger partial charge >= 0.3 is 0 Å². The van der Waals surface area contributed by atoms with Crippen LogP contribution in [0.15, 0.2) is 36.7 Å². The van der Waals surface area contributed by atoms with Gasteiger partial charge in [0.1, 0.15) is 23.8 Å². The fourth-order valence-electron chi connectivity index (χ4n) is 3.46. The van der Waals surface area contributed by atoms with Crippen LogP contribution in [0.4, 0.5) is 11.6 Å². The minimum atomic E-state index is 0.0374. The Kier molecular flexibility index (Phi) is 4.26. The maximum absolute atomic E-state index is 4.66. The molecule has 0 spiro atoms. The van der Waals surface area contributed by atoms with Gasteiger partial charge in [-0.1, -0.05) is 19.1 Å². The van der Waals surface area contributed by atoms with E-state index in [-0.39, 0.29) is 6.04 Å². The van der Waals surface area contributed by atoms with Crippen molar-refractivity contribution in [1.29, 1.82) is 0 Å². The van der Waals surface area contributed by atoms with Crippen LogP contribution in [0.3, 0.4) is 0 Å². The van der Waals surface area contributed by atoms with Crippen molar-refractivity contribution in [1.82, 2.24) is 19.9 Å². The van der Waals surface area contributed by atoms with Gasteiger partial charge in [0.15, 0.2) is 0 Å². The third kappa shape index (κ3) is 3.43. The molecular formula is C19H24N6. The summed E-state index contributed by atoms with van der Waals surface area (Å²) < 4.78 is 0. The van der Waals surface area contributed by atoms with Crippen LogP contribution >= 0.6 is 0 Å². The third-order valence-corrected chi connectivity index (χ3v) is 4.82. The minimum Gasteiger partial charge on any atom is -0.360 e. The summed E-state index contributed by atoms with van der Waals surface area (Å²) in [6.07, 6.45) is 4.17. The average molecular weight is 336 g/mol. The van der Waals surface area contributed by atoms with E-state index in [4.69, 9.17) is 0 Å². The first-order chi connectivity index (χ1) is 12.2. The smallest absolute Gasteiger partial charge is 0.134 e. The first kappa shape index (κ1) is 15.9. The van der Waals surface area contributed by atoms with E-state index in [2.05, 4.69) is 44.0 Å². The second-order valence-corrected chi connectivity index (χ2v) is 6.96. The van der Waals surface area contributed by atoms with E-state index < -0.39 is 0 Å². The standard InChI is InChI=1S/C19H24N6/c1-13-6-5-9-25(11-13)18-10-17(20-12-21-18)22-14(2)19-23-15-7-3-4-8-16(15)24-19/h3-4,7-8,10,12-14H,5-6,9,11H2,1-2H3,(H,23,24)(H,20,21,22). The zero-order valence-electron chi connectivity index (χ0n) is 14.7. The molecule has 1 aromatic carbocycles. The van der Waals surface area contributed by atoms with Crippen molar-refractivity contribution in [2.75, 3.05) is 23.3 Å². The SMILES string of the molecule is CC1CCCN(c2cc(NC(C)c3nc4ccccc4[nH]3)ncn2)C1. The second kappa shape index (κ2) is 6.70. The fraction of sp³-hybridized carbons (Fsp3) is 0.421. The quantitative estimate of drug-likeness (QED) is 0.759. The molecule has 1 aliphatic rings. The molecule has 1 aliphatic heterocycles. The van der Waals surface area contributed by atoms with Crippen molar-refractivity contribution in [2.24, 2.45) is 5.92 Å². The molecule has 6 heteroatoms. The first-order valence-corrected chi connectivity index (χ1v) is 8.97. The van der Waals surface area contributed by atoms with Gasteiger partial charge in [-0.25, -0.2) is 15.0 Å². The van der Waals surface area contributed by atoms with Gasteiger partial charge in [-0.2, -0.15) is 0 Å². The van der Waals surface area contributed by atoms with Crippen LogP contribution in [-0.2, 0) is 0 Å². The predicted molar refractivity (Wildman–Crippen MR) is 101 cm³/mol. The van der Waals surface area contributed by atoms with Crippen LogP contribution in [0.5, 0.6) is 0 Å². The Balaban J connectivity index is 1.51. The van der Waals surface area contributed by atoms with Crippen LogP contribution in [0.1, 0.15) is 38.6 Å². The molecular weight excluding hydrogens is 312 g/mol. The van der Waals surface area contributed by atoms with Crippen molar-refractivity contribution >= 4 is 22.7 Å². The number of aromatic nitrogens is 4.